The van der Waals surface area contributed by atoms with Crippen LogP contribution in [0.25, 0.3) is 0 Å². The molecule has 3 aromatic rings. The minimum atomic E-state index is -2.47. The zero-order valence-corrected chi connectivity index (χ0v) is 15.7. The van der Waals surface area contributed by atoms with Gasteiger partial charge in [0.15, 0.2) is 12.4 Å². The maximum atomic E-state index is 13.8. The summed E-state index contributed by atoms with van der Waals surface area (Å²) in [6.45, 7) is -1.90. The molecule has 0 saturated carbocycles. The number of nitrogens with one attached hydrogen (secondary N) is 1. The first kappa shape index (κ1) is 15.3. The van der Waals surface area contributed by atoms with Gasteiger partial charge in [-0.25, -0.2) is 4.39 Å². The molecule has 0 saturated heterocycles. The maximum absolute atomic E-state index is 13.8. The molecule has 2 aliphatic heterocycles. The second kappa shape index (κ2) is 7.33. The molecule has 9 heteroatoms. The third-order valence-electron chi connectivity index (χ3n) is 5.01. The molecule has 1 amide bonds. The molecule has 30 heavy (non-hydrogen) atoms. The van der Waals surface area contributed by atoms with Crippen LogP contribution < -0.4 is 19.7 Å². The Bertz CT molecular complexity index is 1220. The summed E-state index contributed by atoms with van der Waals surface area (Å²) >= 11 is 0. The number of halogens is 1. The second-order valence-electron chi connectivity index (χ2n) is 7.09. The topological polar surface area (TPSA) is 89.7 Å². The third kappa shape index (κ3) is 3.54. The number of carbonyl (C=O) groups excluding carboxylic acids is 1. The molecule has 2 aliphatic rings. The van der Waals surface area contributed by atoms with Crippen molar-refractivity contribution in [2.45, 2.75) is 25.9 Å². The minimum absolute atomic E-state index is 0.0285. The third-order valence-corrected chi connectivity index (χ3v) is 5.01. The van der Waals surface area contributed by atoms with Crippen LogP contribution in [0, 0.1) is 12.7 Å². The van der Waals surface area contributed by atoms with E-state index in [9.17, 15) is 9.18 Å². The number of aryl methyl sites for hydroxylation is 1. The fourth-order valence-electron chi connectivity index (χ4n) is 3.66. The minimum Gasteiger partial charge on any atom is -0.489 e. The molecule has 3 heterocycles. The van der Waals surface area contributed by atoms with E-state index in [1.165, 1.54) is 12.1 Å². The zero-order valence-electron chi connectivity index (χ0n) is 18.7. The predicted octanol–water partition coefficient (Wildman–Crippen LogP) is 2.86. The van der Waals surface area contributed by atoms with Gasteiger partial charge in [0.25, 0.3) is 5.91 Å². The molecule has 1 aromatic heterocycles. The number of carbonyl (C=O) groups is 1. The van der Waals surface area contributed by atoms with Crippen LogP contribution in [0.5, 0.6) is 11.5 Å². The fourth-order valence-corrected chi connectivity index (χ4v) is 3.66. The molecule has 2 aromatic carbocycles. The van der Waals surface area contributed by atoms with Gasteiger partial charge in [-0.3, -0.25) is 4.79 Å². The molecule has 0 bridgehead atoms. The Hall–Kier alpha value is -3.62. The Balaban J connectivity index is 1.45. The van der Waals surface area contributed by atoms with Crippen molar-refractivity contribution < 1.29 is 27.3 Å². The molecule has 1 atom stereocenters. The molecular weight excluding hydrogens is 391 g/mol. The summed E-state index contributed by atoms with van der Waals surface area (Å²) in [6.07, 6.45) is 0.227. The highest BCUT2D eigenvalue weighted by Gasteiger charge is 2.30. The maximum Gasteiger partial charge on any atom is 0.262 e. The highest BCUT2D eigenvalue weighted by molar-refractivity contribution is 5.95. The molecule has 0 fully saturated rings. The van der Waals surface area contributed by atoms with E-state index in [1.807, 2.05) is 17.0 Å². The van der Waals surface area contributed by atoms with Gasteiger partial charge < -0.3 is 24.2 Å². The molecule has 8 nitrogen and oxygen atoms in total. The van der Waals surface area contributed by atoms with Gasteiger partial charge in [-0.1, -0.05) is 11.2 Å². The lowest BCUT2D eigenvalue weighted by Gasteiger charge is -2.38. The molecule has 0 radical (unpaired) electrons. The molecule has 0 aliphatic carbocycles. The smallest absolute Gasteiger partial charge is 0.262 e. The summed E-state index contributed by atoms with van der Waals surface area (Å²) in [5, 5.41) is 6.35. The summed E-state index contributed by atoms with van der Waals surface area (Å²) in [5.74, 6) is 0.146. The first-order valence-corrected chi connectivity index (χ1v) is 9.34. The summed E-state index contributed by atoms with van der Waals surface area (Å²) in [7, 11) is 0. The van der Waals surface area contributed by atoms with Crippen molar-refractivity contribution in [2.24, 2.45) is 0 Å². The van der Waals surface area contributed by atoms with E-state index in [0.29, 0.717) is 29.4 Å². The van der Waals surface area contributed by atoms with E-state index in [4.69, 9.17) is 18.1 Å². The van der Waals surface area contributed by atoms with Crippen LogP contribution in [-0.4, -0.2) is 35.3 Å². The number of anilines is 2. The van der Waals surface area contributed by atoms with E-state index < -0.39 is 12.7 Å². The number of hydrogen-bond donors (Lipinski definition) is 1. The average molecular weight is 413 g/mol. The monoisotopic (exact) mass is 413 g/mol. The molecule has 0 unspecified atom stereocenters. The normalized spacial score (nSPS) is 19.4. The van der Waals surface area contributed by atoms with Crippen molar-refractivity contribution in [3.05, 3.63) is 59.5 Å². The van der Waals surface area contributed by atoms with Crippen LogP contribution in [0.15, 0.2) is 40.9 Å². The Morgan fingerprint density at radius 1 is 1.27 bits per heavy atom. The van der Waals surface area contributed by atoms with Crippen LogP contribution in [0.2, 0.25) is 0 Å². The van der Waals surface area contributed by atoms with Gasteiger partial charge in [-0.15, -0.1) is 0 Å². The van der Waals surface area contributed by atoms with E-state index >= 15 is 0 Å². The van der Waals surface area contributed by atoms with E-state index in [2.05, 4.69) is 15.5 Å². The number of ether oxygens (including phenoxy) is 2. The van der Waals surface area contributed by atoms with Crippen molar-refractivity contribution in [1.29, 1.82) is 0 Å². The van der Waals surface area contributed by atoms with E-state index in [1.54, 1.807) is 12.1 Å². The SMILES string of the molecule is [2H]C([2H])([2H])c1noc(C[C@H]2COc3cc(F)ccc3N2Cc2ccc3c(c2)NC(=O)CO3)n1. The summed E-state index contributed by atoms with van der Waals surface area (Å²) in [6, 6.07) is 9.48. The highest BCUT2D eigenvalue weighted by atomic mass is 19.1. The molecule has 0 spiro atoms. The second-order valence-corrected chi connectivity index (χ2v) is 7.09. The van der Waals surface area contributed by atoms with Crippen LogP contribution in [0.3, 0.4) is 0 Å². The fraction of sp³-hybridized carbons (Fsp3) is 0.286. The lowest BCUT2D eigenvalue weighted by molar-refractivity contribution is -0.118. The zero-order chi connectivity index (χ0) is 23.2. The summed E-state index contributed by atoms with van der Waals surface area (Å²) < 4.78 is 52.5. The number of nitrogens with zero attached hydrogens (tertiary/aromatic N) is 3. The Labute approximate surface area is 175 Å². The van der Waals surface area contributed by atoms with Crippen LogP contribution >= 0.6 is 0 Å². The molecule has 154 valence electrons. The lowest BCUT2D eigenvalue weighted by Crippen LogP contribution is -2.44. The number of aromatic nitrogens is 2. The van der Waals surface area contributed by atoms with Gasteiger partial charge in [-0.05, 0) is 36.7 Å². The van der Waals surface area contributed by atoms with Crippen molar-refractivity contribution in [1.82, 2.24) is 10.1 Å². The molecule has 1 N–H and O–H groups in total. The van der Waals surface area contributed by atoms with Crippen LogP contribution in [0.1, 0.15) is 21.4 Å². The molecular formula is C21H19FN4O4. The number of fused-ring (bicyclic) bond motifs is 2. The number of hydrogen-bond acceptors (Lipinski definition) is 7. The van der Waals surface area contributed by atoms with Gasteiger partial charge in [0.2, 0.25) is 5.89 Å². The number of rotatable bonds is 4. The first-order valence-electron chi connectivity index (χ1n) is 10.8. The van der Waals surface area contributed by atoms with Gasteiger partial charge in [-0.2, -0.15) is 4.98 Å². The quantitative estimate of drug-likeness (QED) is 0.703. The van der Waals surface area contributed by atoms with Crippen molar-refractivity contribution >= 4 is 17.3 Å². The first-order chi connectivity index (χ1) is 15.8. The van der Waals surface area contributed by atoms with Crippen LogP contribution in [0.4, 0.5) is 15.8 Å². The van der Waals surface area contributed by atoms with Gasteiger partial charge in [0.1, 0.15) is 23.9 Å². The summed E-state index contributed by atoms with van der Waals surface area (Å²) in [5.41, 5.74) is 2.11. The van der Waals surface area contributed by atoms with E-state index in [0.717, 1.165) is 5.56 Å². The number of benzene rings is 2. The van der Waals surface area contributed by atoms with E-state index in [-0.39, 0.29) is 43.3 Å². The van der Waals surface area contributed by atoms with Gasteiger partial charge in [0, 0.05) is 16.7 Å². The molecule has 5 rings (SSSR count). The Morgan fingerprint density at radius 3 is 3.07 bits per heavy atom. The Kier molecular flexibility index (Phi) is 3.72. The number of amides is 1. The van der Waals surface area contributed by atoms with Gasteiger partial charge in [0.05, 0.1) is 23.8 Å². The predicted molar refractivity (Wildman–Crippen MR) is 105 cm³/mol. The Morgan fingerprint density at radius 2 is 2.20 bits per heavy atom. The largest absolute Gasteiger partial charge is 0.489 e. The van der Waals surface area contributed by atoms with Crippen molar-refractivity contribution in [3.63, 3.8) is 0 Å². The highest BCUT2D eigenvalue weighted by Crippen LogP contribution is 2.37. The van der Waals surface area contributed by atoms with Crippen molar-refractivity contribution in [3.8, 4) is 11.5 Å². The van der Waals surface area contributed by atoms with Crippen LogP contribution in [-0.2, 0) is 17.8 Å². The standard InChI is InChI=1S/C21H19FN4O4/c1-12-23-21(30-25-12)8-15-10-28-19-7-14(22)3-4-17(19)26(15)9-13-2-5-18-16(6-13)24-20(27)11-29-18/h2-7,15H,8-11H2,1H3,(H,24,27)/t15-/m0/s1/i1D3. The lowest BCUT2D eigenvalue weighted by atomic mass is 10.1. The summed E-state index contributed by atoms with van der Waals surface area (Å²) in [4.78, 5) is 17.7. The van der Waals surface area contributed by atoms with Crippen molar-refractivity contribution in [2.75, 3.05) is 23.4 Å². The van der Waals surface area contributed by atoms with Gasteiger partial charge >= 0.3 is 0 Å². The average Bonchev–Trinajstić information content (AvgIpc) is 3.24.